The third-order valence-electron chi connectivity index (χ3n) is 3.69. The zero-order valence-corrected chi connectivity index (χ0v) is 13.6. The number of rotatable bonds is 6. The molecular formula is C19H16N2O4. The minimum Gasteiger partial charge on any atom is -0.493 e. The van der Waals surface area contributed by atoms with Crippen LogP contribution in [-0.2, 0) is 6.61 Å². The summed E-state index contributed by atoms with van der Waals surface area (Å²) < 4.78 is 11.1. The first-order valence-electron chi connectivity index (χ1n) is 7.62. The maximum absolute atomic E-state index is 11.5. The molecule has 25 heavy (non-hydrogen) atoms. The van der Waals surface area contributed by atoms with Crippen molar-refractivity contribution in [3.05, 3.63) is 82.7 Å². The normalized spacial score (nSPS) is 10.3. The number of pyridine rings is 1. The Morgan fingerprint density at radius 1 is 1.08 bits per heavy atom. The number of aromatic nitrogens is 1. The summed E-state index contributed by atoms with van der Waals surface area (Å²) in [6, 6.07) is 16.1. The van der Waals surface area contributed by atoms with E-state index in [1.54, 1.807) is 30.6 Å². The van der Waals surface area contributed by atoms with Gasteiger partial charge in [0, 0.05) is 18.0 Å². The summed E-state index contributed by atoms with van der Waals surface area (Å²) in [5.74, 6) is 0.756. The first-order valence-corrected chi connectivity index (χ1v) is 7.62. The van der Waals surface area contributed by atoms with Crippen molar-refractivity contribution in [2.24, 2.45) is 0 Å². The van der Waals surface area contributed by atoms with Gasteiger partial charge in [0.2, 0.25) is 0 Å². The van der Waals surface area contributed by atoms with Gasteiger partial charge in [0.05, 0.1) is 23.7 Å². The van der Waals surface area contributed by atoms with Crippen molar-refractivity contribution in [2.75, 3.05) is 7.11 Å². The lowest BCUT2D eigenvalue weighted by atomic mass is 10.0. The number of nitro benzene ring substituents is 1. The van der Waals surface area contributed by atoms with Crippen LogP contribution < -0.4 is 9.47 Å². The number of ether oxygens (including phenoxy) is 2. The van der Waals surface area contributed by atoms with Gasteiger partial charge in [-0.3, -0.25) is 15.1 Å². The average Bonchev–Trinajstić information content (AvgIpc) is 2.67. The van der Waals surface area contributed by atoms with Gasteiger partial charge in [0.15, 0.2) is 11.5 Å². The molecule has 126 valence electrons. The molecule has 0 radical (unpaired) electrons. The van der Waals surface area contributed by atoms with Crippen LogP contribution in [0.15, 0.2) is 67.0 Å². The predicted molar refractivity (Wildman–Crippen MR) is 93.7 cm³/mol. The molecule has 6 heteroatoms. The van der Waals surface area contributed by atoms with Crippen molar-refractivity contribution < 1.29 is 14.4 Å². The zero-order valence-electron chi connectivity index (χ0n) is 13.6. The Labute approximate surface area is 144 Å². The molecule has 2 aromatic carbocycles. The lowest BCUT2D eigenvalue weighted by Crippen LogP contribution is -2.00. The van der Waals surface area contributed by atoms with E-state index < -0.39 is 4.92 Å². The van der Waals surface area contributed by atoms with E-state index in [4.69, 9.17) is 9.47 Å². The van der Waals surface area contributed by atoms with Crippen LogP contribution in [0.3, 0.4) is 0 Å². The van der Waals surface area contributed by atoms with Crippen LogP contribution in [0.4, 0.5) is 5.69 Å². The summed E-state index contributed by atoms with van der Waals surface area (Å²) in [7, 11) is 1.50. The molecule has 0 saturated heterocycles. The summed E-state index contributed by atoms with van der Waals surface area (Å²) in [5.41, 5.74) is 1.98. The molecule has 0 unspecified atom stereocenters. The Kier molecular flexibility index (Phi) is 4.89. The van der Waals surface area contributed by atoms with E-state index in [2.05, 4.69) is 4.98 Å². The second-order valence-electron chi connectivity index (χ2n) is 5.29. The minimum atomic E-state index is -0.433. The minimum absolute atomic E-state index is 0.0585. The van der Waals surface area contributed by atoms with Crippen LogP contribution in [-0.4, -0.2) is 17.0 Å². The zero-order chi connectivity index (χ0) is 17.6. The van der Waals surface area contributed by atoms with Gasteiger partial charge in [-0.15, -0.1) is 0 Å². The highest BCUT2D eigenvalue weighted by atomic mass is 16.6. The SMILES string of the molecule is COc1cc(-c2cccnc2)c([N+](=O)[O-])cc1OCc1ccccc1. The summed E-state index contributed by atoms with van der Waals surface area (Å²) in [4.78, 5) is 15.1. The first-order chi connectivity index (χ1) is 12.2. The fourth-order valence-corrected chi connectivity index (χ4v) is 2.46. The monoisotopic (exact) mass is 336 g/mol. The van der Waals surface area contributed by atoms with E-state index >= 15 is 0 Å². The van der Waals surface area contributed by atoms with Gasteiger partial charge in [-0.25, -0.2) is 0 Å². The lowest BCUT2D eigenvalue weighted by Gasteiger charge is -2.13. The highest BCUT2D eigenvalue weighted by Gasteiger charge is 2.21. The van der Waals surface area contributed by atoms with E-state index in [-0.39, 0.29) is 5.69 Å². The largest absolute Gasteiger partial charge is 0.493 e. The van der Waals surface area contributed by atoms with Crippen LogP contribution in [0.1, 0.15) is 5.56 Å². The molecule has 6 nitrogen and oxygen atoms in total. The van der Waals surface area contributed by atoms with Crippen LogP contribution in [0.5, 0.6) is 11.5 Å². The topological polar surface area (TPSA) is 74.5 Å². The number of nitro groups is 1. The van der Waals surface area contributed by atoms with Crippen molar-refractivity contribution in [2.45, 2.75) is 6.61 Å². The molecule has 1 heterocycles. The van der Waals surface area contributed by atoms with Gasteiger partial charge in [-0.1, -0.05) is 36.4 Å². The Morgan fingerprint density at radius 2 is 1.88 bits per heavy atom. The highest BCUT2D eigenvalue weighted by Crippen LogP contribution is 2.40. The first kappa shape index (κ1) is 16.4. The molecule has 0 spiro atoms. The Morgan fingerprint density at radius 3 is 2.52 bits per heavy atom. The van der Waals surface area contributed by atoms with E-state index in [1.165, 1.54) is 13.2 Å². The van der Waals surface area contributed by atoms with Crippen molar-refractivity contribution in [3.63, 3.8) is 0 Å². The van der Waals surface area contributed by atoms with E-state index in [1.807, 2.05) is 30.3 Å². The number of nitrogens with zero attached hydrogens (tertiary/aromatic N) is 2. The Balaban J connectivity index is 1.99. The molecule has 0 aliphatic heterocycles. The number of hydrogen-bond donors (Lipinski definition) is 0. The third kappa shape index (κ3) is 3.74. The third-order valence-corrected chi connectivity index (χ3v) is 3.69. The van der Waals surface area contributed by atoms with Crippen molar-refractivity contribution >= 4 is 5.69 Å². The van der Waals surface area contributed by atoms with Gasteiger partial charge in [-0.2, -0.15) is 0 Å². The summed E-state index contributed by atoms with van der Waals surface area (Å²) in [6.07, 6.45) is 3.19. The molecule has 0 amide bonds. The molecule has 3 rings (SSSR count). The van der Waals surface area contributed by atoms with Crippen molar-refractivity contribution in [1.82, 2.24) is 4.98 Å². The fraction of sp³-hybridized carbons (Fsp3) is 0.105. The molecule has 0 atom stereocenters. The molecule has 3 aromatic rings. The van der Waals surface area contributed by atoms with Gasteiger partial charge in [0.25, 0.3) is 5.69 Å². The van der Waals surface area contributed by atoms with Gasteiger partial charge >= 0.3 is 0 Å². The second-order valence-corrected chi connectivity index (χ2v) is 5.29. The second kappa shape index (κ2) is 7.44. The molecule has 0 fully saturated rings. The van der Waals surface area contributed by atoms with Crippen LogP contribution in [0, 0.1) is 10.1 Å². The number of benzene rings is 2. The fourth-order valence-electron chi connectivity index (χ4n) is 2.46. The Bertz CT molecular complexity index is 867. The molecule has 0 aliphatic rings. The molecule has 1 aromatic heterocycles. The van der Waals surface area contributed by atoms with Crippen molar-refractivity contribution in [3.8, 4) is 22.6 Å². The molecule has 0 bridgehead atoms. The quantitative estimate of drug-likeness (QED) is 0.497. The van der Waals surface area contributed by atoms with Crippen LogP contribution >= 0.6 is 0 Å². The Hall–Kier alpha value is -3.41. The van der Waals surface area contributed by atoms with E-state index in [9.17, 15) is 10.1 Å². The highest BCUT2D eigenvalue weighted by molar-refractivity contribution is 5.76. The number of methoxy groups -OCH3 is 1. The number of hydrogen-bond acceptors (Lipinski definition) is 5. The maximum atomic E-state index is 11.5. The smallest absolute Gasteiger partial charge is 0.281 e. The molecular weight excluding hydrogens is 320 g/mol. The summed E-state index contributed by atoms with van der Waals surface area (Å²) in [6.45, 7) is 0.292. The van der Waals surface area contributed by atoms with Gasteiger partial charge in [0.1, 0.15) is 6.61 Å². The maximum Gasteiger partial charge on any atom is 0.281 e. The molecule has 0 aliphatic carbocycles. The van der Waals surface area contributed by atoms with E-state index in [0.717, 1.165) is 5.56 Å². The molecule has 0 N–H and O–H groups in total. The predicted octanol–water partition coefficient (Wildman–Crippen LogP) is 4.24. The summed E-state index contributed by atoms with van der Waals surface area (Å²) in [5, 5.41) is 11.5. The van der Waals surface area contributed by atoms with E-state index in [0.29, 0.717) is 29.2 Å². The van der Waals surface area contributed by atoms with Gasteiger partial charge < -0.3 is 9.47 Å². The average molecular weight is 336 g/mol. The standard InChI is InChI=1S/C19H16N2O4/c1-24-18-10-16(15-8-5-9-20-12-15)17(21(22)23)11-19(18)25-13-14-6-3-2-4-7-14/h2-12H,13H2,1H3. The van der Waals surface area contributed by atoms with Crippen LogP contribution in [0.25, 0.3) is 11.1 Å². The summed E-state index contributed by atoms with van der Waals surface area (Å²) >= 11 is 0. The van der Waals surface area contributed by atoms with Crippen LogP contribution in [0.2, 0.25) is 0 Å². The lowest BCUT2D eigenvalue weighted by molar-refractivity contribution is -0.384. The van der Waals surface area contributed by atoms with Gasteiger partial charge in [-0.05, 0) is 17.7 Å². The molecule has 0 saturated carbocycles. The van der Waals surface area contributed by atoms with Crippen molar-refractivity contribution in [1.29, 1.82) is 0 Å².